The highest BCUT2D eigenvalue weighted by atomic mass is 16.5. The lowest BCUT2D eigenvalue weighted by atomic mass is 10.0. The first-order valence-corrected chi connectivity index (χ1v) is 7.10. The van der Waals surface area contributed by atoms with Crippen molar-refractivity contribution in [2.75, 3.05) is 20.2 Å². The molecule has 2 nitrogen and oxygen atoms in total. The predicted molar refractivity (Wildman–Crippen MR) is 76.3 cm³/mol. The highest BCUT2D eigenvalue weighted by Gasteiger charge is 2.20. The summed E-state index contributed by atoms with van der Waals surface area (Å²) in [4.78, 5) is 2.46. The number of hydrogen-bond acceptors (Lipinski definition) is 2. The first kappa shape index (κ1) is 13.4. The van der Waals surface area contributed by atoms with Gasteiger partial charge in [0.2, 0.25) is 0 Å². The molecule has 1 atom stereocenters. The van der Waals surface area contributed by atoms with Crippen LogP contribution in [0.5, 0.6) is 5.75 Å². The van der Waals surface area contributed by atoms with E-state index in [0.717, 1.165) is 24.8 Å². The summed E-state index contributed by atoms with van der Waals surface area (Å²) in [5.74, 6) is 1.59. The lowest BCUT2D eigenvalue weighted by Crippen LogP contribution is -2.26. The van der Waals surface area contributed by atoms with Gasteiger partial charge in [0.15, 0.2) is 0 Å². The number of ether oxygens (including phenoxy) is 1. The van der Waals surface area contributed by atoms with Crippen LogP contribution in [0, 0.1) is 0 Å². The summed E-state index contributed by atoms with van der Waals surface area (Å²) < 4.78 is 5.98. The van der Waals surface area contributed by atoms with Gasteiger partial charge in [-0.15, -0.1) is 0 Å². The molecule has 0 saturated carbocycles. The largest absolute Gasteiger partial charge is 0.493 e. The molecule has 0 radical (unpaired) electrons. The molecule has 1 aliphatic heterocycles. The maximum atomic E-state index is 5.98. The summed E-state index contributed by atoms with van der Waals surface area (Å²) in [6, 6.07) is 9.13. The Balaban J connectivity index is 1.86. The Morgan fingerprint density at radius 3 is 2.78 bits per heavy atom. The van der Waals surface area contributed by atoms with Gasteiger partial charge < -0.3 is 9.64 Å². The fourth-order valence-electron chi connectivity index (χ4n) is 2.74. The van der Waals surface area contributed by atoms with Gasteiger partial charge in [0.05, 0.1) is 6.61 Å². The zero-order valence-corrected chi connectivity index (χ0v) is 11.9. The number of hydrogen-bond donors (Lipinski definition) is 0. The van der Waals surface area contributed by atoms with E-state index >= 15 is 0 Å². The fraction of sp³-hybridized carbons (Fsp3) is 0.625. The van der Waals surface area contributed by atoms with Gasteiger partial charge in [0, 0.05) is 6.04 Å². The van der Waals surface area contributed by atoms with Crippen LogP contribution in [0.3, 0.4) is 0 Å². The molecule has 0 aromatic heterocycles. The normalized spacial score (nSPS) is 20.6. The van der Waals surface area contributed by atoms with Crippen LogP contribution < -0.4 is 4.74 Å². The first-order valence-electron chi connectivity index (χ1n) is 7.10. The van der Waals surface area contributed by atoms with Crippen molar-refractivity contribution in [3.8, 4) is 5.75 Å². The molecule has 100 valence electrons. The monoisotopic (exact) mass is 247 g/mol. The van der Waals surface area contributed by atoms with E-state index in [1.54, 1.807) is 0 Å². The van der Waals surface area contributed by atoms with Crippen LogP contribution in [-0.4, -0.2) is 31.1 Å². The summed E-state index contributed by atoms with van der Waals surface area (Å²) in [5.41, 5.74) is 1.32. The molecule has 2 rings (SSSR count). The third kappa shape index (κ3) is 3.26. The lowest BCUT2D eigenvalue weighted by Gasteiger charge is -2.20. The minimum Gasteiger partial charge on any atom is -0.493 e. The molecule has 0 bridgehead atoms. The van der Waals surface area contributed by atoms with Crippen molar-refractivity contribution in [2.24, 2.45) is 0 Å². The minimum absolute atomic E-state index is 0.523. The molecule has 0 amide bonds. The van der Waals surface area contributed by atoms with Crippen LogP contribution in [0.2, 0.25) is 0 Å². The standard InChI is InChI=1S/C16H25NO/c1-13(2)15-8-4-5-9-16(15)18-12-10-14-7-6-11-17(14)3/h4-5,8-9,13-14H,6-7,10-12H2,1-3H3. The molecule has 18 heavy (non-hydrogen) atoms. The number of nitrogens with zero attached hydrogens (tertiary/aromatic N) is 1. The maximum Gasteiger partial charge on any atom is 0.122 e. The molecule has 1 aromatic carbocycles. The number of para-hydroxylation sites is 1. The Bertz CT molecular complexity index is 375. The predicted octanol–water partition coefficient (Wildman–Crippen LogP) is 3.67. The van der Waals surface area contributed by atoms with Gasteiger partial charge in [-0.1, -0.05) is 32.0 Å². The molecular weight excluding hydrogens is 222 g/mol. The summed E-state index contributed by atoms with van der Waals surface area (Å²) >= 11 is 0. The van der Waals surface area contributed by atoms with E-state index < -0.39 is 0 Å². The molecule has 0 spiro atoms. The highest BCUT2D eigenvalue weighted by molar-refractivity contribution is 5.35. The third-order valence-corrected chi connectivity index (χ3v) is 3.92. The van der Waals surface area contributed by atoms with Crippen molar-refractivity contribution >= 4 is 0 Å². The van der Waals surface area contributed by atoms with E-state index in [-0.39, 0.29) is 0 Å². The van der Waals surface area contributed by atoms with Gasteiger partial charge in [-0.3, -0.25) is 0 Å². The number of benzene rings is 1. The molecule has 1 fully saturated rings. The summed E-state index contributed by atoms with van der Waals surface area (Å²) in [6.07, 6.45) is 3.80. The first-order chi connectivity index (χ1) is 8.68. The van der Waals surface area contributed by atoms with Gasteiger partial charge in [-0.05, 0) is 50.4 Å². The van der Waals surface area contributed by atoms with E-state index in [4.69, 9.17) is 4.74 Å². The summed E-state index contributed by atoms with van der Waals surface area (Å²) in [7, 11) is 2.22. The van der Waals surface area contributed by atoms with Crippen molar-refractivity contribution in [1.29, 1.82) is 0 Å². The Kier molecular flexibility index (Phi) is 4.65. The van der Waals surface area contributed by atoms with Gasteiger partial charge in [-0.25, -0.2) is 0 Å². The molecule has 1 aromatic rings. The van der Waals surface area contributed by atoms with Crippen molar-refractivity contribution in [3.63, 3.8) is 0 Å². The molecule has 1 heterocycles. The second-order valence-electron chi connectivity index (χ2n) is 5.61. The van der Waals surface area contributed by atoms with E-state index in [2.05, 4.69) is 50.1 Å². The molecule has 0 aliphatic carbocycles. The van der Waals surface area contributed by atoms with E-state index in [0.29, 0.717) is 5.92 Å². The SMILES string of the molecule is CC(C)c1ccccc1OCCC1CCCN1C. The molecule has 1 aliphatic rings. The molecular formula is C16H25NO. The Morgan fingerprint density at radius 2 is 2.11 bits per heavy atom. The van der Waals surface area contributed by atoms with E-state index in [1.165, 1.54) is 24.9 Å². The second kappa shape index (κ2) is 6.24. The molecule has 1 unspecified atom stereocenters. The molecule has 2 heteroatoms. The van der Waals surface area contributed by atoms with Gasteiger partial charge >= 0.3 is 0 Å². The average Bonchev–Trinajstić information content (AvgIpc) is 2.76. The topological polar surface area (TPSA) is 12.5 Å². The highest BCUT2D eigenvalue weighted by Crippen LogP contribution is 2.26. The average molecular weight is 247 g/mol. The lowest BCUT2D eigenvalue weighted by molar-refractivity contribution is 0.232. The van der Waals surface area contributed by atoms with Crippen molar-refractivity contribution in [1.82, 2.24) is 4.90 Å². The number of rotatable bonds is 5. The third-order valence-electron chi connectivity index (χ3n) is 3.92. The Hall–Kier alpha value is -1.02. The van der Waals surface area contributed by atoms with Crippen LogP contribution in [0.25, 0.3) is 0 Å². The number of likely N-dealkylation sites (tertiary alicyclic amines) is 1. The second-order valence-corrected chi connectivity index (χ2v) is 5.61. The Morgan fingerprint density at radius 1 is 1.33 bits per heavy atom. The van der Waals surface area contributed by atoms with Crippen LogP contribution in [-0.2, 0) is 0 Å². The zero-order chi connectivity index (χ0) is 13.0. The summed E-state index contributed by atoms with van der Waals surface area (Å²) in [6.45, 7) is 6.51. The van der Waals surface area contributed by atoms with Crippen molar-refractivity contribution in [3.05, 3.63) is 29.8 Å². The quantitative estimate of drug-likeness (QED) is 0.787. The fourth-order valence-corrected chi connectivity index (χ4v) is 2.74. The zero-order valence-electron chi connectivity index (χ0n) is 11.9. The molecule has 1 saturated heterocycles. The maximum absolute atomic E-state index is 5.98. The van der Waals surface area contributed by atoms with Crippen LogP contribution in [0.15, 0.2) is 24.3 Å². The van der Waals surface area contributed by atoms with Crippen molar-refractivity contribution < 1.29 is 4.74 Å². The van der Waals surface area contributed by atoms with Gasteiger partial charge in [-0.2, -0.15) is 0 Å². The van der Waals surface area contributed by atoms with Gasteiger partial charge in [0.1, 0.15) is 5.75 Å². The van der Waals surface area contributed by atoms with Crippen molar-refractivity contribution in [2.45, 2.75) is 45.1 Å². The van der Waals surface area contributed by atoms with Crippen LogP contribution in [0.1, 0.15) is 44.6 Å². The smallest absolute Gasteiger partial charge is 0.122 e. The van der Waals surface area contributed by atoms with Crippen LogP contribution in [0.4, 0.5) is 0 Å². The summed E-state index contributed by atoms with van der Waals surface area (Å²) in [5, 5.41) is 0. The minimum atomic E-state index is 0.523. The van der Waals surface area contributed by atoms with Gasteiger partial charge in [0.25, 0.3) is 0 Å². The molecule has 0 N–H and O–H groups in total. The van der Waals surface area contributed by atoms with E-state index in [9.17, 15) is 0 Å². The van der Waals surface area contributed by atoms with E-state index in [1.807, 2.05) is 0 Å². The van der Waals surface area contributed by atoms with Crippen LogP contribution >= 0.6 is 0 Å². The Labute approximate surface area is 111 Å².